The van der Waals surface area contributed by atoms with Crippen molar-refractivity contribution in [3.05, 3.63) is 0 Å². The lowest BCUT2D eigenvalue weighted by Crippen LogP contribution is -2.46. The lowest BCUT2D eigenvalue weighted by atomic mass is 10.1. The predicted molar refractivity (Wildman–Crippen MR) is 50.4 cm³/mol. The van der Waals surface area contributed by atoms with Crippen LogP contribution in [0.5, 0.6) is 0 Å². The highest BCUT2D eigenvalue weighted by Gasteiger charge is 2.19. The predicted octanol–water partition coefficient (Wildman–Crippen LogP) is 0.300. The molecule has 0 unspecified atom stereocenters. The van der Waals surface area contributed by atoms with Gasteiger partial charge in [0.2, 0.25) is 5.91 Å². The Kier molecular flexibility index (Phi) is 5.66. The van der Waals surface area contributed by atoms with Gasteiger partial charge in [-0.2, -0.15) is 0 Å². The molecule has 0 aliphatic rings. The molecule has 4 nitrogen and oxygen atoms in total. The van der Waals surface area contributed by atoms with Crippen LogP contribution in [0.25, 0.3) is 0 Å². The molecule has 4 heteroatoms. The van der Waals surface area contributed by atoms with E-state index >= 15 is 0 Å². The van der Waals surface area contributed by atoms with Crippen LogP contribution in [0.3, 0.4) is 0 Å². The second-order valence-electron chi connectivity index (χ2n) is 3.69. The maximum absolute atomic E-state index is 11.2. The van der Waals surface area contributed by atoms with E-state index in [0.29, 0.717) is 19.4 Å². The summed E-state index contributed by atoms with van der Waals surface area (Å²) in [7, 11) is 1.60. The van der Waals surface area contributed by atoms with Gasteiger partial charge in [0.25, 0.3) is 0 Å². The number of ether oxygens (including phenoxy) is 1. The second-order valence-corrected chi connectivity index (χ2v) is 3.69. The molecular formula is C9H19NO3. The Bertz CT molecular complexity index is 157. The van der Waals surface area contributed by atoms with Crippen molar-refractivity contribution >= 4 is 5.91 Å². The van der Waals surface area contributed by atoms with E-state index in [0.717, 1.165) is 0 Å². The lowest BCUT2D eigenvalue weighted by molar-refractivity contribution is -0.123. The maximum atomic E-state index is 11.2. The van der Waals surface area contributed by atoms with Crippen molar-refractivity contribution in [3.63, 3.8) is 0 Å². The topological polar surface area (TPSA) is 58.6 Å². The molecule has 13 heavy (non-hydrogen) atoms. The fraction of sp³-hybridized carbons (Fsp3) is 0.889. The third kappa shape index (κ3) is 6.54. The molecule has 0 saturated carbocycles. The average Bonchev–Trinajstić information content (AvgIpc) is 1.99. The van der Waals surface area contributed by atoms with E-state index in [2.05, 4.69) is 5.32 Å². The summed E-state index contributed by atoms with van der Waals surface area (Å²) in [6.07, 6.45) is 0.874. The van der Waals surface area contributed by atoms with Gasteiger partial charge in [-0.15, -0.1) is 0 Å². The number of methoxy groups -OCH3 is 1. The van der Waals surface area contributed by atoms with Gasteiger partial charge in [-0.3, -0.25) is 4.79 Å². The van der Waals surface area contributed by atoms with Gasteiger partial charge in [0.05, 0.1) is 12.1 Å². The first-order valence-corrected chi connectivity index (χ1v) is 4.42. The molecule has 0 aromatic carbocycles. The minimum absolute atomic E-state index is 0.0453. The number of aliphatic hydroxyl groups is 1. The first-order valence-electron chi connectivity index (χ1n) is 4.42. The van der Waals surface area contributed by atoms with Gasteiger partial charge in [-0.25, -0.2) is 0 Å². The molecule has 0 bridgehead atoms. The molecule has 0 aromatic heterocycles. The van der Waals surface area contributed by atoms with E-state index in [1.807, 2.05) is 13.8 Å². The van der Waals surface area contributed by atoms with E-state index in [9.17, 15) is 4.79 Å². The van der Waals surface area contributed by atoms with Gasteiger partial charge in [-0.1, -0.05) is 0 Å². The molecule has 0 fully saturated rings. The molecular weight excluding hydrogens is 170 g/mol. The monoisotopic (exact) mass is 189 g/mol. The van der Waals surface area contributed by atoms with Crippen LogP contribution < -0.4 is 5.32 Å². The summed E-state index contributed by atoms with van der Waals surface area (Å²) in [5.74, 6) is -0.0453. The zero-order valence-electron chi connectivity index (χ0n) is 8.59. The standard InChI is InChI=1S/C9H19NO3/c1-9(2,7-13-3)10-8(12)5-4-6-11/h11H,4-7H2,1-3H3,(H,10,12). The second kappa shape index (κ2) is 5.94. The van der Waals surface area contributed by atoms with Crippen molar-refractivity contribution in [2.75, 3.05) is 20.3 Å². The summed E-state index contributed by atoms with van der Waals surface area (Å²) in [5.41, 5.74) is -0.332. The average molecular weight is 189 g/mol. The zero-order valence-corrected chi connectivity index (χ0v) is 8.59. The summed E-state index contributed by atoms with van der Waals surface area (Å²) in [6.45, 7) is 4.33. The molecule has 0 spiro atoms. The van der Waals surface area contributed by atoms with Crippen molar-refractivity contribution in [1.82, 2.24) is 5.32 Å². The highest BCUT2D eigenvalue weighted by Crippen LogP contribution is 2.02. The Morgan fingerprint density at radius 2 is 2.15 bits per heavy atom. The molecule has 0 heterocycles. The normalized spacial score (nSPS) is 11.4. The molecule has 78 valence electrons. The number of carbonyl (C=O) groups excluding carboxylic acids is 1. The third-order valence-electron chi connectivity index (χ3n) is 1.54. The van der Waals surface area contributed by atoms with Gasteiger partial charge in [0, 0.05) is 20.1 Å². The molecule has 2 N–H and O–H groups in total. The van der Waals surface area contributed by atoms with Crippen LogP contribution in [0.1, 0.15) is 26.7 Å². The van der Waals surface area contributed by atoms with E-state index in [1.165, 1.54) is 0 Å². The summed E-state index contributed by atoms with van der Waals surface area (Å²) < 4.78 is 4.95. The van der Waals surface area contributed by atoms with Crippen LogP contribution in [-0.4, -0.2) is 36.9 Å². The fourth-order valence-corrected chi connectivity index (χ4v) is 1.08. The van der Waals surface area contributed by atoms with E-state index < -0.39 is 0 Å². The number of hydrogen-bond acceptors (Lipinski definition) is 3. The van der Waals surface area contributed by atoms with Crippen LogP contribution in [0.15, 0.2) is 0 Å². The minimum atomic E-state index is -0.332. The van der Waals surface area contributed by atoms with Crippen molar-refractivity contribution in [1.29, 1.82) is 0 Å². The van der Waals surface area contributed by atoms with Crippen molar-refractivity contribution in [2.45, 2.75) is 32.2 Å². The van der Waals surface area contributed by atoms with Crippen LogP contribution in [0.2, 0.25) is 0 Å². The molecule has 1 amide bonds. The molecule has 0 aromatic rings. The number of aliphatic hydroxyl groups excluding tert-OH is 1. The number of carbonyl (C=O) groups is 1. The highest BCUT2D eigenvalue weighted by atomic mass is 16.5. The van der Waals surface area contributed by atoms with Gasteiger partial charge in [0.15, 0.2) is 0 Å². The maximum Gasteiger partial charge on any atom is 0.220 e. The summed E-state index contributed by atoms with van der Waals surface area (Å²) in [5, 5.41) is 11.3. The van der Waals surface area contributed by atoms with E-state index in [1.54, 1.807) is 7.11 Å². The Hall–Kier alpha value is -0.610. The Labute approximate surface area is 79.3 Å². The number of rotatable bonds is 6. The molecule has 0 atom stereocenters. The zero-order chi connectivity index (χ0) is 10.3. The Balaban J connectivity index is 3.75. The van der Waals surface area contributed by atoms with Crippen molar-refractivity contribution in [2.24, 2.45) is 0 Å². The molecule has 0 radical (unpaired) electrons. The minimum Gasteiger partial charge on any atom is -0.396 e. The van der Waals surface area contributed by atoms with Gasteiger partial charge in [-0.05, 0) is 20.3 Å². The van der Waals surface area contributed by atoms with Gasteiger partial charge in [0.1, 0.15) is 0 Å². The summed E-state index contributed by atoms with van der Waals surface area (Å²) in [6, 6.07) is 0. The first kappa shape index (κ1) is 12.4. The van der Waals surface area contributed by atoms with Crippen LogP contribution in [-0.2, 0) is 9.53 Å². The number of nitrogens with one attached hydrogen (secondary N) is 1. The number of hydrogen-bond donors (Lipinski definition) is 2. The van der Waals surface area contributed by atoms with Gasteiger partial charge < -0.3 is 15.2 Å². The summed E-state index contributed by atoms with van der Waals surface area (Å²) in [4.78, 5) is 11.2. The number of amides is 1. The van der Waals surface area contributed by atoms with Crippen molar-refractivity contribution < 1.29 is 14.6 Å². The van der Waals surface area contributed by atoms with Crippen molar-refractivity contribution in [3.8, 4) is 0 Å². The summed E-state index contributed by atoms with van der Waals surface area (Å²) >= 11 is 0. The third-order valence-corrected chi connectivity index (χ3v) is 1.54. The highest BCUT2D eigenvalue weighted by molar-refractivity contribution is 5.76. The SMILES string of the molecule is COCC(C)(C)NC(=O)CCCO. The Morgan fingerprint density at radius 3 is 2.62 bits per heavy atom. The molecule has 0 aliphatic carbocycles. The van der Waals surface area contributed by atoms with E-state index in [4.69, 9.17) is 9.84 Å². The molecule has 0 rings (SSSR count). The molecule has 0 aliphatic heterocycles. The molecule has 0 saturated heterocycles. The first-order chi connectivity index (χ1) is 6.02. The van der Waals surface area contributed by atoms with Crippen LogP contribution in [0, 0.1) is 0 Å². The largest absolute Gasteiger partial charge is 0.396 e. The fourth-order valence-electron chi connectivity index (χ4n) is 1.08. The van der Waals surface area contributed by atoms with Crippen LogP contribution >= 0.6 is 0 Å². The van der Waals surface area contributed by atoms with Gasteiger partial charge >= 0.3 is 0 Å². The van der Waals surface area contributed by atoms with E-state index in [-0.39, 0.29) is 18.1 Å². The Morgan fingerprint density at radius 1 is 1.54 bits per heavy atom. The van der Waals surface area contributed by atoms with Crippen LogP contribution in [0.4, 0.5) is 0 Å². The lowest BCUT2D eigenvalue weighted by Gasteiger charge is -2.25. The smallest absolute Gasteiger partial charge is 0.220 e. The quantitative estimate of drug-likeness (QED) is 0.632.